The van der Waals surface area contributed by atoms with Gasteiger partial charge in [-0.15, -0.1) is 0 Å². The fourth-order valence-electron chi connectivity index (χ4n) is 1.58. The van der Waals surface area contributed by atoms with E-state index in [1.165, 1.54) is 7.11 Å². The van der Waals surface area contributed by atoms with Crippen molar-refractivity contribution in [2.24, 2.45) is 0 Å². The van der Waals surface area contributed by atoms with E-state index >= 15 is 0 Å². The van der Waals surface area contributed by atoms with Gasteiger partial charge in [0, 0.05) is 24.7 Å². The molecule has 20 heavy (non-hydrogen) atoms. The van der Waals surface area contributed by atoms with E-state index in [9.17, 15) is 4.79 Å². The molecule has 0 bridgehead atoms. The summed E-state index contributed by atoms with van der Waals surface area (Å²) in [6.07, 6.45) is -0.629. The molecule has 1 aromatic carbocycles. The first-order chi connectivity index (χ1) is 9.58. The van der Waals surface area contributed by atoms with Crippen LogP contribution in [0.4, 0.5) is 0 Å². The first-order valence-electron chi connectivity index (χ1n) is 6.31. The smallest absolute Gasteiger partial charge is 0.346 e. The van der Waals surface area contributed by atoms with Crippen molar-refractivity contribution in [3.05, 3.63) is 28.2 Å². The third kappa shape index (κ3) is 5.48. The molecule has 0 saturated carbocycles. The minimum absolute atomic E-state index is 0.396. The van der Waals surface area contributed by atoms with Crippen LogP contribution in [0, 0.1) is 0 Å². The molecule has 1 aromatic rings. The summed E-state index contributed by atoms with van der Waals surface area (Å²) in [5.74, 6) is 0.238. The number of carbonyl (C=O) groups is 1. The lowest BCUT2D eigenvalue weighted by Gasteiger charge is -2.14. The number of hydrogen-bond donors (Lipinski definition) is 1. The minimum atomic E-state index is -0.629. The standard InChI is InChI=1S/C14H20BrNO4/c1-10(14(17)19-3)20-12-4-5-13(15)11(8-12)9-16-6-7-18-2/h4-5,8,10,16H,6-7,9H2,1-3H3. The Morgan fingerprint density at radius 1 is 1.40 bits per heavy atom. The normalized spacial score (nSPS) is 12.0. The highest BCUT2D eigenvalue weighted by Crippen LogP contribution is 2.23. The average molecular weight is 346 g/mol. The molecule has 0 radical (unpaired) electrons. The second-order valence-corrected chi connectivity index (χ2v) is 5.06. The maximum absolute atomic E-state index is 11.3. The number of halogens is 1. The molecular formula is C14H20BrNO4. The van der Waals surface area contributed by atoms with Crippen LogP contribution in [0.1, 0.15) is 12.5 Å². The lowest BCUT2D eigenvalue weighted by Crippen LogP contribution is -2.25. The lowest BCUT2D eigenvalue weighted by atomic mass is 10.2. The maximum Gasteiger partial charge on any atom is 0.346 e. The summed E-state index contributed by atoms with van der Waals surface area (Å²) in [6.45, 7) is 3.78. The van der Waals surface area contributed by atoms with Gasteiger partial charge in [-0.1, -0.05) is 15.9 Å². The Balaban J connectivity index is 2.63. The fraction of sp³-hybridized carbons (Fsp3) is 0.500. The number of ether oxygens (including phenoxy) is 3. The van der Waals surface area contributed by atoms with Gasteiger partial charge in [0.15, 0.2) is 6.10 Å². The van der Waals surface area contributed by atoms with Crippen molar-refractivity contribution < 1.29 is 19.0 Å². The summed E-state index contributed by atoms with van der Waals surface area (Å²) in [7, 11) is 3.01. The van der Waals surface area contributed by atoms with Crippen molar-refractivity contribution >= 4 is 21.9 Å². The topological polar surface area (TPSA) is 56.8 Å². The first kappa shape index (κ1) is 16.9. The third-order valence-corrected chi connectivity index (χ3v) is 3.44. The summed E-state index contributed by atoms with van der Waals surface area (Å²) in [5, 5.41) is 3.26. The molecule has 0 spiro atoms. The predicted octanol–water partition coefficient (Wildman–Crippen LogP) is 2.13. The number of benzene rings is 1. The molecule has 0 saturated heterocycles. The quantitative estimate of drug-likeness (QED) is 0.577. The van der Waals surface area contributed by atoms with Gasteiger partial charge in [-0.25, -0.2) is 4.79 Å². The molecule has 0 aliphatic rings. The molecule has 112 valence electrons. The molecule has 1 unspecified atom stereocenters. The van der Waals surface area contributed by atoms with Gasteiger partial charge in [0.25, 0.3) is 0 Å². The number of methoxy groups -OCH3 is 2. The van der Waals surface area contributed by atoms with E-state index < -0.39 is 12.1 Å². The van der Waals surface area contributed by atoms with Gasteiger partial charge in [-0.3, -0.25) is 0 Å². The maximum atomic E-state index is 11.3. The summed E-state index contributed by atoms with van der Waals surface area (Å²) >= 11 is 3.49. The second kappa shape index (κ2) is 8.94. The van der Waals surface area contributed by atoms with Crippen molar-refractivity contribution in [2.75, 3.05) is 27.4 Å². The van der Waals surface area contributed by atoms with Crippen molar-refractivity contribution in [3.8, 4) is 5.75 Å². The van der Waals surface area contributed by atoms with Crippen molar-refractivity contribution in [1.29, 1.82) is 0 Å². The summed E-state index contributed by atoms with van der Waals surface area (Å²) in [6, 6.07) is 5.60. The number of hydrogen-bond acceptors (Lipinski definition) is 5. The molecule has 0 aliphatic heterocycles. The van der Waals surface area contributed by atoms with Gasteiger partial charge in [0.1, 0.15) is 5.75 Å². The summed E-state index contributed by atoms with van der Waals surface area (Å²) < 4.78 is 16.1. The summed E-state index contributed by atoms with van der Waals surface area (Å²) in [4.78, 5) is 11.3. The van der Waals surface area contributed by atoms with Gasteiger partial charge in [0.05, 0.1) is 13.7 Å². The van der Waals surface area contributed by atoms with Crippen LogP contribution in [0.5, 0.6) is 5.75 Å². The number of nitrogens with one attached hydrogen (secondary N) is 1. The van der Waals surface area contributed by atoms with Gasteiger partial charge >= 0.3 is 5.97 Å². The monoisotopic (exact) mass is 345 g/mol. The number of esters is 1. The Kier molecular flexibility index (Phi) is 7.58. The molecule has 0 aromatic heterocycles. The number of carbonyl (C=O) groups excluding carboxylic acids is 1. The Hall–Kier alpha value is -1.11. The SMILES string of the molecule is COCCNCc1cc(OC(C)C(=O)OC)ccc1Br. The average Bonchev–Trinajstić information content (AvgIpc) is 2.45. The molecule has 0 aliphatic carbocycles. The zero-order valence-electron chi connectivity index (χ0n) is 11.9. The molecule has 1 rings (SSSR count). The van der Waals surface area contributed by atoms with E-state index in [1.54, 1.807) is 14.0 Å². The van der Waals surface area contributed by atoms with Crippen LogP contribution in [0.3, 0.4) is 0 Å². The van der Waals surface area contributed by atoms with Crippen LogP contribution < -0.4 is 10.1 Å². The Bertz CT molecular complexity index is 439. The Morgan fingerprint density at radius 3 is 2.80 bits per heavy atom. The first-order valence-corrected chi connectivity index (χ1v) is 7.10. The lowest BCUT2D eigenvalue weighted by molar-refractivity contribution is -0.147. The molecule has 0 fully saturated rings. The van der Waals surface area contributed by atoms with Crippen LogP contribution in [-0.4, -0.2) is 39.4 Å². The van der Waals surface area contributed by atoms with Crippen molar-refractivity contribution in [1.82, 2.24) is 5.32 Å². The molecule has 6 heteroatoms. The second-order valence-electron chi connectivity index (χ2n) is 4.21. The third-order valence-electron chi connectivity index (χ3n) is 2.66. The van der Waals surface area contributed by atoms with Crippen LogP contribution in [0.2, 0.25) is 0 Å². The number of rotatable bonds is 8. The molecule has 0 amide bonds. The zero-order chi connectivity index (χ0) is 15.0. The Labute approximate surface area is 127 Å². The van der Waals surface area contributed by atoms with Gasteiger partial charge in [-0.05, 0) is 30.7 Å². The van der Waals surface area contributed by atoms with E-state index in [2.05, 4.69) is 26.0 Å². The molecule has 0 heterocycles. The van der Waals surface area contributed by atoms with Crippen LogP contribution in [-0.2, 0) is 20.8 Å². The summed E-state index contributed by atoms with van der Waals surface area (Å²) in [5.41, 5.74) is 1.05. The Morgan fingerprint density at radius 2 is 2.15 bits per heavy atom. The van der Waals surface area contributed by atoms with E-state index in [0.717, 1.165) is 16.6 Å². The van der Waals surface area contributed by atoms with Crippen molar-refractivity contribution in [3.63, 3.8) is 0 Å². The molecule has 1 N–H and O–H groups in total. The van der Waals surface area contributed by atoms with Crippen LogP contribution in [0.15, 0.2) is 22.7 Å². The van der Waals surface area contributed by atoms with E-state index in [0.29, 0.717) is 18.9 Å². The van der Waals surface area contributed by atoms with E-state index in [4.69, 9.17) is 9.47 Å². The van der Waals surface area contributed by atoms with Gasteiger partial charge in [-0.2, -0.15) is 0 Å². The van der Waals surface area contributed by atoms with E-state index in [1.807, 2.05) is 18.2 Å². The molecule has 5 nitrogen and oxygen atoms in total. The fourth-order valence-corrected chi connectivity index (χ4v) is 1.96. The van der Waals surface area contributed by atoms with Crippen molar-refractivity contribution in [2.45, 2.75) is 19.6 Å². The highest BCUT2D eigenvalue weighted by molar-refractivity contribution is 9.10. The van der Waals surface area contributed by atoms with E-state index in [-0.39, 0.29) is 0 Å². The van der Waals surface area contributed by atoms with Gasteiger partial charge < -0.3 is 19.5 Å². The zero-order valence-corrected chi connectivity index (χ0v) is 13.5. The highest BCUT2D eigenvalue weighted by atomic mass is 79.9. The van der Waals surface area contributed by atoms with Crippen LogP contribution >= 0.6 is 15.9 Å². The molecule has 1 atom stereocenters. The predicted molar refractivity (Wildman–Crippen MR) is 79.8 cm³/mol. The minimum Gasteiger partial charge on any atom is -0.479 e. The highest BCUT2D eigenvalue weighted by Gasteiger charge is 2.15. The van der Waals surface area contributed by atoms with Gasteiger partial charge in [0.2, 0.25) is 0 Å². The van der Waals surface area contributed by atoms with Crippen LogP contribution in [0.25, 0.3) is 0 Å². The molecular weight excluding hydrogens is 326 g/mol. The largest absolute Gasteiger partial charge is 0.479 e.